The predicted molar refractivity (Wildman–Crippen MR) is 143 cm³/mol. The topological polar surface area (TPSA) is 88.0 Å². The van der Waals surface area contributed by atoms with E-state index < -0.39 is 12.1 Å². The maximum Gasteiger partial charge on any atom is 0.339 e. The number of aromatic carboxylic acids is 1. The Morgan fingerprint density at radius 3 is 2.33 bits per heavy atom. The molecule has 3 aromatic rings. The lowest BCUT2D eigenvalue weighted by Crippen LogP contribution is -2.26. The van der Waals surface area contributed by atoms with Gasteiger partial charge in [-0.25, -0.2) is 4.79 Å². The van der Waals surface area contributed by atoms with Crippen molar-refractivity contribution in [2.75, 3.05) is 19.7 Å². The van der Waals surface area contributed by atoms with E-state index in [1.165, 1.54) is 6.42 Å². The van der Waals surface area contributed by atoms with E-state index in [1.54, 1.807) is 6.07 Å². The van der Waals surface area contributed by atoms with Crippen molar-refractivity contribution in [1.29, 1.82) is 0 Å². The molecule has 1 aliphatic rings. The van der Waals surface area contributed by atoms with E-state index in [0.717, 1.165) is 48.1 Å². The van der Waals surface area contributed by atoms with E-state index in [2.05, 4.69) is 5.32 Å². The standard InChI is InChI=1S/C29H33NO5.ClH/c31-27(22-7-3-1-4-8-22)20-30-17-18-34-24-14-11-21(12-15-24)23-13-16-26(29(32)33)28(19-23)35-25-9-5-2-6-10-25;/h1,3-4,7-8,11-16,19,25,27,30-31H,2,5-6,9-10,17-18,20H2,(H,32,33);1H/t27-;/m1./s1. The molecule has 0 aromatic heterocycles. The number of carboxylic acid groups (broad SMARTS) is 1. The van der Waals surface area contributed by atoms with Crippen molar-refractivity contribution in [3.05, 3.63) is 83.9 Å². The lowest BCUT2D eigenvalue weighted by molar-refractivity contribution is 0.0686. The number of hydrogen-bond acceptors (Lipinski definition) is 5. The minimum Gasteiger partial charge on any atom is -0.492 e. The first kappa shape index (κ1) is 27.5. The van der Waals surface area contributed by atoms with Crippen molar-refractivity contribution < 1.29 is 24.5 Å². The fourth-order valence-corrected chi connectivity index (χ4v) is 4.36. The van der Waals surface area contributed by atoms with Crippen LogP contribution in [0.15, 0.2) is 72.8 Å². The molecular weight excluding hydrogens is 478 g/mol. The van der Waals surface area contributed by atoms with Crippen LogP contribution in [-0.2, 0) is 0 Å². The Balaban J connectivity index is 0.00000361. The molecule has 0 unspecified atom stereocenters. The van der Waals surface area contributed by atoms with Crippen LogP contribution in [0, 0.1) is 0 Å². The van der Waals surface area contributed by atoms with E-state index in [4.69, 9.17) is 9.47 Å². The van der Waals surface area contributed by atoms with Crippen LogP contribution in [0.4, 0.5) is 0 Å². The van der Waals surface area contributed by atoms with Gasteiger partial charge in [-0.2, -0.15) is 0 Å². The second-order valence-electron chi connectivity index (χ2n) is 8.90. The molecule has 192 valence electrons. The Morgan fingerprint density at radius 2 is 1.64 bits per heavy atom. The minimum atomic E-state index is -0.976. The summed E-state index contributed by atoms with van der Waals surface area (Å²) in [4.78, 5) is 11.7. The highest BCUT2D eigenvalue weighted by Crippen LogP contribution is 2.31. The zero-order valence-corrected chi connectivity index (χ0v) is 21.1. The molecule has 36 heavy (non-hydrogen) atoms. The van der Waals surface area contributed by atoms with Gasteiger partial charge in [0, 0.05) is 13.1 Å². The van der Waals surface area contributed by atoms with Crippen molar-refractivity contribution in [2.45, 2.75) is 44.3 Å². The Morgan fingerprint density at radius 1 is 0.944 bits per heavy atom. The first-order valence-electron chi connectivity index (χ1n) is 12.3. The maximum atomic E-state index is 11.7. The van der Waals surface area contributed by atoms with Crippen LogP contribution >= 0.6 is 12.4 Å². The summed E-state index contributed by atoms with van der Waals surface area (Å²) in [5, 5.41) is 23.0. The fourth-order valence-electron chi connectivity index (χ4n) is 4.36. The lowest BCUT2D eigenvalue weighted by atomic mass is 9.97. The van der Waals surface area contributed by atoms with Crippen LogP contribution in [0.2, 0.25) is 0 Å². The van der Waals surface area contributed by atoms with Crippen LogP contribution in [0.25, 0.3) is 11.1 Å². The smallest absolute Gasteiger partial charge is 0.339 e. The molecule has 0 radical (unpaired) electrons. The predicted octanol–water partition coefficient (Wildman–Crippen LogP) is 5.89. The molecule has 3 aromatic carbocycles. The van der Waals surface area contributed by atoms with Crippen molar-refractivity contribution in [1.82, 2.24) is 5.32 Å². The number of benzene rings is 3. The number of hydrogen-bond donors (Lipinski definition) is 3. The number of ether oxygens (including phenoxy) is 2. The van der Waals surface area contributed by atoms with Crippen LogP contribution in [0.5, 0.6) is 11.5 Å². The number of nitrogens with one attached hydrogen (secondary N) is 1. The summed E-state index contributed by atoms with van der Waals surface area (Å²) < 4.78 is 11.9. The van der Waals surface area contributed by atoms with E-state index in [-0.39, 0.29) is 24.1 Å². The SMILES string of the molecule is Cl.O=C(O)c1ccc(-c2ccc(OCCNC[C@@H](O)c3ccccc3)cc2)cc1OC1CCCCC1. The van der Waals surface area contributed by atoms with Gasteiger partial charge in [0.05, 0.1) is 12.2 Å². The zero-order valence-electron chi connectivity index (χ0n) is 20.3. The highest BCUT2D eigenvalue weighted by atomic mass is 35.5. The Labute approximate surface area is 218 Å². The molecule has 4 rings (SSSR count). The highest BCUT2D eigenvalue weighted by molar-refractivity contribution is 5.92. The molecule has 6 nitrogen and oxygen atoms in total. The molecule has 3 N–H and O–H groups in total. The Kier molecular flexibility index (Phi) is 10.6. The third-order valence-electron chi connectivity index (χ3n) is 6.32. The van der Waals surface area contributed by atoms with Crippen molar-refractivity contribution in [3.63, 3.8) is 0 Å². The summed E-state index contributed by atoms with van der Waals surface area (Å²) in [7, 11) is 0. The molecule has 7 heteroatoms. The third kappa shape index (κ3) is 7.72. The number of carboxylic acids is 1. The van der Waals surface area contributed by atoms with Gasteiger partial charge in [-0.1, -0.05) is 55.0 Å². The number of carbonyl (C=O) groups is 1. The van der Waals surface area contributed by atoms with Gasteiger partial charge in [0.25, 0.3) is 0 Å². The molecule has 0 amide bonds. The summed E-state index contributed by atoms with van der Waals surface area (Å²) in [6.07, 6.45) is 4.93. The van der Waals surface area contributed by atoms with Crippen LogP contribution in [-0.4, -0.2) is 42.0 Å². The lowest BCUT2D eigenvalue weighted by Gasteiger charge is -2.24. The van der Waals surface area contributed by atoms with Crippen LogP contribution in [0.1, 0.15) is 54.1 Å². The molecule has 1 atom stereocenters. The van der Waals surface area contributed by atoms with Gasteiger partial charge in [0.15, 0.2) is 0 Å². The van der Waals surface area contributed by atoms with Crippen LogP contribution in [0.3, 0.4) is 0 Å². The minimum absolute atomic E-state index is 0. The summed E-state index contributed by atoms with van der Waals surface area (Å²) in [6, 6.07) is 22.6. The monoisotopic (exact) mass is 511 g/mol. The molecule has 1 fully saturated rings. The largest absolute Gasteiger partial charge is 0.492 e. The number of aliphatic hydroxyl groups is 1. The summed E-state index contributed by atoms with van der Waals surface area (Å²) in [5.41, 5.74) is 2.96. The van der Waals surface area contributed by atoms with Gasteiger partial charge in [-0.3, -0.25) is 0 Å². The van der Waals surface area contributed by atoms with Crippen molar-refractivity contribution in [3.8, 4) is 22.6 Å². The molecule has 0 bridgehead atoms. The van der Waals surface area contributed by atoms with Gasteiger partial charge >= 0.3 is 5.97 Å². The Bertz CT molecular complexity index is 1080. The van der Waals surface area contributed by atoms with Gasteiger partial charge < -0.3 is 25.0 Å². The van der Waals surface area contributed by atoms with E-state index in [1.807, 2.05) is 66.7 Å². The second kappa shape index (κ2) is 13.9. The van der Waals surface area contributed by atoms with E-state index in [9.17, 15) is 15.0 Å². The number of halogens is 1. The molecular formula is C29H34ClNO5. The quantitative estimate of drug-likeness (QED) is 0.278. The van der Waals surface area contributed by atoms with E-state index in [0.29, 0.717) is 25.4 Å². The average molecular weight is 512 g/mol. The van der Waals surface area contributed by atoms with Gasteiger partial charge in [-0.05, 0) is 66.6 Å². The Hall–Kier alpha value is -3.06. The molecule has 0 heterocycles. The van der Waals surface area contributed by atoms with Crippen molar-refractivity contribution >= 4 is 18.4 Å². The maximum absolute atomic E-state index is 11.7. The molecule has 1 saturated carbocycles. The number of rotatable bonds is 11. The molecule has 0 aliphatic heterocycles. The molecule has 1 aliphatic carbocycles. The normalized spacial score (nSPS) is 14.5. The zero-order chi connectivity index (χ0) is 24.5. The highest BCUT2D eigenvalue weighted by Gasteiger charge is 2.19. The van der Waals surface area contributed by atoms with Crippen LogP contribution < -0.4 is 14.8 Å². The fraction of sp³-hybridized carbons (Fsp3) is 0.345. The second-order valence-corrected chi connectivity index (χ2v) is 8.90. The number of aliphatic hydroxyl groups excluding tert-OH is 1. The summed E-state index contributed by atoms with van der Waals surface area (Å²) in [6.45, 7) is 1.56. The first-order valence-corrected chi connectivity index (χ1v) is 12.3. The van der Waals surface area contributed by atoms with Gasteiger partial charge in [-0.15, -0.1) is 12.4 Å². The van der Waals surface area contributed by atoms with E-state index >= 15 is 0 Å². The first-order chi connectivity index (χ1) is 17.1. The average Bonchev–Trinajstić information content (AvgIpc) is 2.89. The molecule has 0 spiro atoms. The van der Waals surface area contributed by atoms with Crippen molar-refractivity contribution in [2.24, 2.45) is 0 Å². The summed E-state index contributed by atoms with van der Waals surface area (Å²) >= 11 is 0. The van der Waals surface area contributed by atoms with Gasteiger partial charge in [0.1, 0.15) is 23.7 Å². The molecule has 0 saturated heterocycles. The summed E-state index contributed by atoms with van der Waals surface area (Å²) in [5.74, 6) is 0.210. The third-order valence-corrected chi connectivity index (χ3v) is 6.32. The van der Waals surface area contributed by atoms with Gasteiger partial charge in [0.2, 0.25) is 0 Å².